The molecule has 3 N–H and O–H groups in total. The second kappa shape index (κ2) is 62.5. The molecule has 88 heavy (non-hydrogen) atoms. The monoisotopic (exact) mass is 1300 g/mol. The summed E-state index contributed by atoms with van der Waals surface area (Å²) >= 11 is 0. The van der Waals surface area contributed by atoms with Crippen molar-refractivity contribution in [2.24, 2.45) is 5.92 Å². The molecule has 0 heterocycles. The maximum atomic E-state index is 13.0. The molecule has 0 bridgehead atoms. The third-order valence-corrected chi connectivity index (χ3v) is 17.9. The van der Waals surface area contributed by atoms with Gasteiger partial charge in [-0.05, 0) is 31.6 Å². The molecule has 0 aliphatic rings. The molecule has 0 aromatic rings. The number of esters is 4. The molecule has 0 fully saturated rings. The smallest absolute Gasteiger partial charge is 0.462 e. The van der Waals surface area contributed by atoms with Gasteiger partial charge in [0.05, 0.1) is 26.4 Å². The second-order valence-electron chi connectivity index (χ2n) is 25.4. The van der Waals surface area contributed by atoms with Gasteiger partial charge in [0.15, 0.2) is 12.2 Å². The molecule has 0 aromatic carbocycles. The summed E-state index contributed by atoms with van der Waals surface area (Å²) in [7, 11) is -9.89. The Morgan fingerprint density at radius 1 is 0.307 bits per heavy atom. The molecule has 0 aliphatic heterocycles. The molecule has 17 nitrogen and oxygen atoms in total. The summed E-state index contributed by atoms with van der Waals surface area (Å²) in [4.78, 5) is 72.3. The maximum Gasteiger partial charge on any atom is 0.472 e. The number of aliphatic hydroxyl groups is 1. The molecule has 5 atom stereocenters. The number of phosphoric ester groups is 2. The van der Waals surface area contributed by atoms with Crippen LogP contribution in [0.2, 0.25) is 0 Å². The third kappa shape index (κ3) is 62.8. The van der Waals surface area contributed by atoms with Gasteiger partial charge < -0.3 is 33.8 Å². The minimum absolute atomic E-state index is 0.106. The number of rotatable bonds is 69. The lowest BCUT2D eigenvalue weighted by atomic mass is 10.0. The molecular weight excluding hydrogens is 1160 g/mol. The Morgan fingerprint density at radius 3 is 0.773 bits per heavy atom. The van der Waals surface area contributed by atoms with Crippen molar-refractivity contribution in [1.29, 1.82) is 0 Å². The molecule has 522 valence electrons. The molecule has 0 spiro atoms. The highest BCUT2D eigenvalue weighted by atomic mass is 31.2. The van der Waals surface area contributed by atoms with Crippen LogP contribution in [0.3, 0.4) is 0 Å². The van der Waals surface area contributed by atoms with Crippen LogP contribution in [0.15, 0.2) is 0 Å². The lowest BCUT2D eigenvalue weighted by Crippen LogP contribution is -2.30. The molecule has 2 unspecified atom stereocenters. The van der Waals surface area contributed by atoms with E-state index in [1.54, 1.807) is 0 Å². The van der Waals surface area contributed by atoms with Gasteiger partial charge in [-0.15, -0.1) is 0 Å². The van der Waals surface area contributed by atoms with Gasteiger partial charge in [-0.1, -0.05) is 304 Å². The first kappa shape index (κ1) is 86.1. The standard InChI is InChI=1S/C69H134O17P2/c1-6-9-12-15-18-20-21-22-23-24-25-26-27-30-35-40-45-50-55-69(74)86-65(59-80-67(72)53-48-43-38-34-31-28-29-33-37-41-46-51-62(4)5)61-84-88(77,78)82-57-63(70)56-81-87(75,76)83-60-64(58-79-66(71)52-47-42-36-17-14-11-8-3)85-68(73)54-49-44-39-32-19-16-13-10-7-2/h62-65,70H,6-61H2,1-5H3,(H,75,76)(H,77,78)/t63-,64+,65+/m0/s1. The Bertz CT molecular complexity index is 1700. The molecule has 0 aliphatic carbocycles. The predicted octanol–water partition coefficient (Wildman–Crippen LogP) is 19.7. The van der Waals surface area contributed by atoms with Crippen molar-refractivity contribution in [2.75, 3.05) is 39.6 Å². The molecule has 0 amide bonds. The van der Waals surface area contributed by atoms with Crippen LogP contribution >= 0.6 is 15.6 Å². The van der Waals surface area contributed by atoms with E-state index in [0.29, 0.717) is 25.7 Å². The van der Waals surface area contributed by atoms with Crippen LogP contribution < -0.4 is 0 Å². The average molecular weight is 1300 g/mol. The zero-order valence-electron chi connectivity index (χ0n) is 56.9. The van der Waals surface area contributed by atoms with Gasteiger partial charge in [0, 0.05) is 25.7 Å². The zero-order valence-corrected chi connectivity index (χ0v) is 58.6. The lowest BCUT2D eigenvalue weighted by Gasteiger charge is -2.21. The summed E-state index contributed by atoms with van der Waals surface area (Å²) in [6, 6.07) is 0. The molecule has 19 heteroatoms. The average Bonchev–Trinajstić information content (AvgIpc) is 3.60. The Hall–Kier alpha value is -1.94. The fourth-order valence-electron chi connectivity index (χ4n) is 10.5. The van der Waals surface area contributed by atoms with Crippen molar-refractivity contribution < 1.29 is 80.2 Å². The van der Waals surface area contributed by atoms with Crippen LogP contribution in [-0.2, 0) is 65.4 Å². The van der Waals surface area contributed by atoms with Crippen LogP contribution in [0, 0.1) is 5.92 Å². The molecule has 0 radical (unpaired) electrons. The first-order valence-electron chi connectivity index (χ1n) is 36.1. The first-order chi connectivity index (χ1) is 42.5. The SMILES string of the molecule is CCCCCCCCCCCCCCCCCCCCC(=O)O[C@H](COC(=O)CCCCCCCCCCCCCC(C)C)COP(=O)(O)OC[C@@H](O)COP(=O)(O)OC[C@@H](COC(=O)CCCCCCCCC)OC(=O)CCCCCCCCCCC. The number of hydrogen-bond donors (Lipinski definition) is 3. The van der Waals surface area contributed by atoms with Crippen molar-refractivity contribution in [1.82, 2.24) is 0 Å². The van der Waals surface area contributed by atoms with Gasteiger partial charge in [0.2, 0.25) is 0 Å². The second-order valence-corrected chi connectivity index (χ2v) is 28.3. The zero-order chi connectivity index (χ0) is 64.9. The molecule has 0 saturated heterocycles. The number of hydrogen-bond acceptors (Lipinski definition) is 15. The van der Waals surface area contributed by atoms with Gasteiger partial charge in [-0.25, -0.2) is 9.13 Å². The van der Waals surface area contributed by atoms with Gasteiger partial charge >= 0.3 is 39.5 Å². The highest BCUT2D eigenvalue weighted by Crippen LogP contribution is 2.45. The fraction of sp³-hybridized carbons (Fsp3) is 0.942. The largest absolute Gasteiger partial charge is 0.472 e. The molecular formula is C69H134O17P2. The highest BCUT2D eigenvalue weighted by molar-refractivity contribution is 7.47. The van der Waals surface area contributed by atoms with Gasteiger partial charge in [-0.3, -0.25) is 37.3 Å². The topological polar surface area (TPSA) is 237 Å². The van der Waals surface area contributed by atoms with Crippen LogP contribution in [0.25, 0.3) is 0 Å². The lowest BCUT2D eigenvalue weighted by molar-refractivity contribution is -0.161. The highest BCUT2D eigenvalue weighted by Gasteiger charge is 2.30. The van der Waals surface area contributed by atoms with E-state index in [2.05, 4.69) is 34.6 Å². The van der Waals surface area contributed by atoms with E-state index in [4.69, 9.17) is 37.0 Å². The van der Waals surface area contributed by atoms with Crippen molar-refractivity contribution in [2.45, 2.75) is 374 Å². The van der Waals surface area contributed by atoms with E-state index in [1.165, 1.54) is 167 Å². The van der Waals surface area contributed by atoms with Gasteiger partial charge in [0.1, 0.15) is 19.3 Å². The molecule has 0 aromatic heterocycles. The summed E-state index contributed by atoms with van der Waals surface area (Å²) in [5.41, 5.74) is 0. The summed E-state index contributed by atoms with van der Waals surface area (Å²) < 4.78 is 68.1. The summed E-state index contributed by atoms with van der Waals surface area (Å²) in [5, 5.41) is 10.6. The first-order valence-corrected chi connectivity index (χ1v) is 39.1. The Labute approximate surface area is 537 Å². The van der Waals surface area contributed by atoms with E-state index < -0.39 is 97.5 Å². The number of unbranched alkanes of at least 4 members (excludes halogenated alkanes) is 41. The van der Waals surface area contributed by atoms with E-state index in [1.807, 2.05) is 0 Å². The van der Waals surface area contributed by atoms with Crippen LogP contribution in [0.5, 0.6) is 0 Å². The number of aliphatic hydroxyl groups excluding tert-OH is 1. The van der Waals surface area contributed by atoms with Gasteiger partial charge in [-0.2, -0.15) is 0 Å². The Kier molecular flexibility index (Phi) is 61.1. The van der Waals surface area contributed by atoms with Crippen molar-refractivity contribution in [3.8, 4) is 0 Å². The summed E-state index contributed by atoms with van der Waals surface area (Å²) in [6.07, 6.45) is 48.7. The van der Waals surface area contributed by atoms with Crippen molar-refractivity contribution in [3.63, 3.8) is 0 Å². The van der Waals surface area contributed by atoms with E-state index in [0.717, 1.165) is 109 Å². The van der Waals surface area contributed by atoms with E-state index in [-0.39, 0.29) is 25.7 Å². The number of phosphoric acid groups is 2. The summed E-state index contributed by atoms with van der Waals surface area (Å²) in [5.74, 6) is -1.36. The normalized spacial score (nSPS) is 14.1. The summed E-state index contributed by atoms with van der Waals surface area (Å²) in [6.45, 7) is 7.19. The number of carbonyl (C=O) groups excluding carboxylic acids is 4. The van der Waals surface area contributed by atoms with Crippen LogP contribution in [0.4, 0.5) is 0 Å². The minimum atomic E-state index is -4.95. The van der Waals surface area contributed by atoms with Crippen molar-refractivity contribution >= 4 is 39.5 Å². The minimum Gasteiger partial charge on any atom is -0.462 e. The van der Waals surface area contributed by atoms with Crippen molar-refractivity contribution in [3.05, 3.63) is 0 Å². The van der Waals surface area contributed by atoms with E-state index in [9.17, 15) is 43.2 Å². The quantitative estimate of drug-likeness (QED) is 0.0222. The van der Waals surface area contributed by atoms with Crippen LogP contribution in [-0.4, -0.2) is 96.7 Å². The Morgan fingerprint density at radius 2 is 0.523 bits per heavy atom. The predicted molar refractivity (Wildman–Crippen MR) is 354 cm³/mol. The number of ether oxygens (including phenoxy) is 4. The van der Waals surface area contributed by atoms with Crippen LogP contribution in [0.1, 0.15) is 356 Å². The molecule has 0 saturated carbocycles. The Balaban J connectivity index is 5.18. The van der Waals surface area contributed by atoms with E-state index >= 15 is 0 Å². The van der Waals surface area contributed by atoms with Gasteiger partial charge in [0.25, 0.3) is 0 Å². The third-order valence-electron chi connectivity index (χ3n) is 16.0. The number of carbonyl (C=O) groups is 4. The fourth-order valence-corrected chi connectivity index (χ4v) is 12.0. The molecule has 0 rings (SSSR count). The maximum absolute atomic E-state index is 13.0.